The van der Waals surface area contributed by atoms with E-state index in [4.69, 9.17) is 0 Å². The first-order valence-corrected chi connectivity index (χ1v) is 10.1. The third kappa shape index (κ3) is 3.14. The topological polar surface area (TPSA) is 110 Å². The van der Waals surface area contributed by atoms with Gasteiger partial charge in [0.1, 0.15) is 0 Å². The van der Waals surface area contributed by atoms with Gasteiger partial charge >= 0.3 is 0 Å². The average molecular weight is 387 g/mol. The van der Waals surface area contributed by atoms with Crippen molar-refractivity contribution in [3.8, 4) is 0 Å². The van der Waals surface area contributed by atoms with Crippen LogP contribution in [-0.4, -0.2) is 25.8 Å². The molecule has 0 saturated heterocycles. The fraction of sp³-hybridized carbons (Fsp3) is 0.278. The second kappa shape index (κ2) is 6.34. The first-order chi connectivity index (χ1) is 12.8. The molecule has 4 rings (SSSR count). The Bertz CT molecular complexity index is 1050. The zero-order valence-electron chi connectivity index (χ0n) is 14.3. The van der Waals surface area contributed by atoms with Gasteiger partial charge in [-0.3, -0.25) is 19.6 Å². The summed E-state index contributed by atoms with van der Waals surface area (Å²) in [5, 5.41) is 10.9. The average Bonchev–Trinajstić information content (AvgIpc) is 2.64. The quantitative estimate of drug-likeness (QED) is 0.641. The highest BCUT2D eigenvalue weighted by Gasteiger charge is 2.30. The molecule has 8 nitrogen and oxygen atoms in total. The van der Waals surface area contributed by atoms with Gasteiger partial charge in [-0.25, -0.2) is 8.42 Å². The molecule has 0 radical (unpaired) electrons. The molecular formula is C18H17N3O5S. The molecule has 0 unspecified atom stereocenters. The molecule has 2 heterocycles. The Morgan fingerprint density at radius 3 is 2.56 bits per heavy atom. The van der Waals surface area contributed by atoms with Gasteiger partial charge in [0, 0.05) is 30.8 Å². The lowest BCUT2D eigenvalue weighted by Crippen LogP contribution is -2.39. The zero-order chi connectivity index (χ0) is 19.2. The highest BCUT2D eigenvalue weighted by molar-refractivity contribution is 7.92. The summed E-state index contributed by atoms with van der Waals surface area (Å²) >= 11 is 0. The van der Waals surface area contributed by atoms with Gasteiger partial charge in [0.2, 0.25) is 5.91 Å². The van der Waals surface area contributed by atoms with Gasteiger partial charge in [0.15, 0.2) is 0 Å². The predicted molar refractivity (Wildman–Crippen MR) is 99.3 cm³/mol. The van der Waals surface area contributed by atoms with Gasteiger partial charge in [-0.15, -0.1) is 0 Å². The van der Waals surface area contributed by atoms with Crippen LogP contribution in [0, 0.1) is 10.1 Å². The molecular weight excluding hydrogens is 370 g/mol. The van der Waals surface area contributed by atoms with E-state index in [1.165, 1.54) is 18.2 Å². The molecule has 1 N–H and O–H groups in total. The number of amides is 1. The van der Waals surface area contributed by atoms with Crippen molar-refractivity contribution in [2.45, 2.75) is 30.6 Å². The number of hydrogen-bond donors (Lipinski definition) is 1. The van der Waals surface area contributed by atoms with Gasteiger partial charge in [-0.2, -0.15) is 0 Å². The smallest absolute Gasteiger partial charge is 0.270 e. The minimum absolute atomic E-state index is 0.105. The molecule has 0 aliphatic carbocycles. The monoisotopic (exact) mass is 387 g/mol. The van der Waals surface area contributed by atoms with Crippen LogP contribution in [0.4, 0.5) is 17.1 Å². The van der Waals surface area contributed by atoms with Gasteiger partial charge in [-0.05, 0) is 48.6 Å². The van der Waals surface area contributed by atoms with E-state index < -0.39 is 14.9 Å². The van der Waals surface area contributed by atoms with E-state index in [0.717, 1.165) is 35.7 Å². The van der Waals surface area contributed by atoms with Crippen LogP contribution in [0.2, 0.25) is 0 Å². The molecule has 0 saturated carbocycles. The number of nitrogens with zero attached hydrogens (tertiary/aromatic N) is 2. The summed E-state index contributed by atoms with van der Waals surface area (Å²) in [6.45, 7) is 0.692. The molecule has 2 aliphatic rings. The lowest BCUT2D eigenvalue weighted by atomic mass is 9.91. The van der Waals surface area contributed by atoms with Crippen LogP contribution in [0.3, 0.4) is 0 Å². The number of nitro benzene ring substituents is 1. The number of sulfonamides is 1. The van der Waals surface area contributed by atoms with E-state index in [1.54, 1.807) is 17.0 Å². The van der Waals surface area contributed by atoms with E-state index in [-0.39, 0.29) is 16.5 Å². The third-order valence-corrected chi connectivity index (χ3v) is 6.24. The molecule has 9 heteroatoms. The van der Waals surface area contributed by atoms with Crippen molar-refractivity contribution >= 4 is 33.0 Å². The van der Waals surface area contributed by atoms with Crippen molar-refractivity contribution < 1.29 is 18.1 Å². The second-order valence-corrected chi connectivity index (χ2v) is 8.33. The van der Waals surface area contributed by atoms with Crippen molar-refractivity contribution in [1.29, 1.82) is 0 Å². The second-order valence-electron chi connectivity index (χ2n) is 6.65. The van der Waals surface area contributed by atoms with Crippen LogP contribution in [0.25, 0.3) is 0 Å². The first kappa shape index (κ1) is 17.5. The Morgan fingerprint density at radius 2 is 1.81 bits per heavy atom. The first-order valence-electron chi connectivity index (χ1n) is 8.58. The standard InChI is InChI=1S/C18H17N3O5S/c22-17-7-6-13-10-14(9-12-3-2-8-20(17)18(12)13)19-27(25,26)16-5-1-4-15(11-16)21(23)24/h1,4-5,9-11,19H,2-3,6-8H2. The molecule has 1 amide bonds. The molecule has 0 bridgehead atoms. The van der Waals surface area contributed by atoms with Gasteiger partial charge in [0.05, 0.1) is 15.5 Å². The summed E-state index contributed by atoms with van der Waals surface area (Å²) in [5.41, 5.74) is 2.93. The largest absolute Gasteiger partial charge is 0.312 e. The van der Waals surface area contributed by atoms with E-state index >= 15 is 0 Å². The minimum Gasteiger partial charge on any atom is -0.312 e. The number of carbonyl (C=O) groups is 1. The lowest BCUT2D eigenvalue weighted by molar-refractivity contribution is -0.385. The highest BCUT2D eigenvalue weighted by atomic mass is 32.2. The van der Waals surface area contributed by atoms with E-state index in [9.17, 15) is 23.3 Å². The Balaban J connectivity index is 1.70. The number of benzene rings is 2. The van der Waals surface area contributed by atoms with Gasteiger partial charge in [0.25, 0.3) is 15.7 Å². The predicted octanol–water partition coefficient (Wildman–Crippen LogP) is 2.62. The molecule has 27 heavy (non-hydrogen) atoms. The summed E-state index contributed by atoms with van der Waals surface area (Å²) in [7, 11) is -3.96. The molecule has 0 aromatic heterocycles. The number of nitro groups is 1. The number of nitrogens with one attached hydrogen (secondary N) is 1. The zero-order valence-corrected chi connectivity index (χ0v) is 15.2. The molecule has 140 valence electrons. The molecule has 0 atom stereocenters. The van der Waals surface area contributed by atoms with Crippen molar-refractivity contribution in [3.05, 3.63) is 57.6 Å². The summed E-state index contributed by atoms with van der Waals surface area (Å²) in [4.78, 5) is 24.0. The fourth-order valence-corrected chi connectivity index (χ4v) is 4.77. The summed E-state index contributed by atoms with van der Waals surface area (Å²) < 4.78 is 27.9. The van der Waals surface area contributed by atoms with Crippen LogP contribution in [0.5, 0.6) is 0 Å². The van der Waals surface area contributed by atoms with Gasteiger partial charge < -0.3 is 4.90 Å². The normalized spacial score (nSPS) is 16.0. The Morgan fingerprint density at radius 1 is 1.07 bits per heavy atom. The van der Waals surface area contributed by atoms with Crippen LogP contribution < -0.4 is 9.62 Å². The number of anilines is 2. The van der Waals surface area contributed by atoms with Crippen LogP contribution in [0.1, 0.15) is 24.0 Å². The molecule has 2 aliphatic heterocycles. The maximum atomic E-state index is 12.7. The number of rotatable bonds is 4. The van der Waals surface area contributed by atoms with E-state index in [0.29, 0.717) is 25.1 Å². The molecule has 2 aromatic carbocycles. The Labute approximate surface area is 156 Å². The highest BCUT2D eigenvalue weighted by Crippen LogP contribution is 2.38. The lowest BCUT2D eigenvalue weighted by Gasteiger charge is -2.35. The molecule has 2 aromatic rings. The number of non-ortho nitro benzene ring substituents is 1. The maximum Gasteiger partial charge on any atom is 0.270 e. The maximum absolute atomic E-state index is 12.7. The fourth-order valence-electron chi connectivity index (χ4n) is 3.69. The Hall–Kier alpha value is -2.94. The van der Waals surface area contributed by atoms with Crippen molar-refractivity contribution in [1.82, 2.24) is 0 Å². The van der Waals surface area contributed by atoms with Crippen molar-refractivity contribution in [3.63, 3.8) is 0 Å². The molecule has 0 spiro atoms. The number of carbonyl (C=O) groups excluding carboxylic acids is 1. The summed E-state index contributed by atoms with van der Waals surface area (Å²) in [6.07, 6.45) is 2.59. The van der Waals surface area contributed by atoms with Gasteiger partial charge in [-0.1, -0.05) is 6.07 Å². The SMILES string of the molecule is O=C1CCc2cc(NS(=O)(=O)c3cccc([N+](=O)[O-])c3)cc3c2N1CCC3. The number of aryl methyl sites for hydroxylation is 2. The van der Waals surface area contributed by atoms with Crippen molar-refractivity contribution in [2.75, 3.05) is 16.2 Å². The summed E-state index contributed by atoms with van der Waals surface area (Å²) in [6, 6.07) is 8.43. The van der Waals surface area contributed by atoms with Crippen LogP contribution in [0.15, 0.2) is 41.3 Å². The van der Waals surface area contributed by atoms with Crippen LogP contribution in [-0.2, 0) is 27.7 Å². The summed E-state index contributed by atoms with van der Waals surface area (Å²) in [5.74, 6) is 0.105. The van der Waals surface area contributed by atoms with E-state index in [1.807, 2.05) is 0 Å². The molecule has 0 fully saturated rings. The minimum atomic E-state index is -3.96. The van der Waals surface area contributed by atoms with Crippen molar-refractivity contribution in [2.24, 2.45) is 0 Å². The Kier molecular flexibility index (Phi) is 4.11. The number of hydrogen-bond acceptors (Lipinski definition) is 5. The van der Waals surface area contributed by atoms with Crippen LogP contribution >= 0.6 is 0 Å². The third-order valence-electron chi connectivity index (χ3n) is 4.87. The van der Waals surface area contributed by atoms with E-state index in [2.05, 4.69) is 4.72 Å².